The van der Waals surface area contributed by atoms with Gasteiger partial charge in [0.2, 0.25) is 5.82 Å². The Morgan fingerprint density at radius 3 is 2.84 bits per heavy atom. The monoisotopic (exact) mass is 284 g/mol. The number of nitrogens with one attached hydrogen (secondary N) is 1. The molecule has 1 aromatic heterocycles. The molecule has 104 valence electrons. The van der Waals surface area contributed by atoms with Crippen LogP contribution in [-0.4, -0.2) is 40.5 Å². The molecule has 0 amide bonds. The molecule has 0 aliphatic carbocycles. The Morgan fingerprint density at radius 1 is 1.53 bits per heavy atom. The van der Waals surface area contributed by atoms with Crippen molar-refractivity contribution in [1.29, 1.82) is 0 Å². The smallest absolute Gasteiger partial charge is 0.311 e. The van der Waals surface area contributed by atoms with Crippen molar-refractivity contribution in [2.45, 2.75) is 25.8 Å². The number of hydrogen-bond acceptors (Lipinski definition) is 5. The average Bonchev–Trinajstić information content (AvgIpc) is 2.81. The molecule has 1 unspecified atom stereocenters. The highest BCUT2D eigenvalue weighted by atomic mass is 35.5. The molecule has 0 aromatic carbocycles. The van der Waals surface area contributed by atoms with Gasteiger partial charge < -0.3 is 10.2 Å². The standard InChI is InChI=1S/C12H17ClN4O2/c1-9(8-16-6-2-3-7-16)14-12-10(17(18)19)4-5-11(13)15-12/h4-5,9H,2-3,6-8H2,1H3,(H,14,15). The molecule has 1 N–H and O–H groups in total. The van der Waals surface area contributed by atoms with E-state index in [2.05, 4.69) is 15.2 Å². The van der Waals surface area contributed by atoms with E-state index in [4.69, 9.17) is 11.6 Å². The summed E-state index contributed by atoms with van der Waals surface area (Å²) in [7, 11) is 0. The Balaban J connectivity index is 2.04. The summed E-state index contributed by atoms with van der Waals surface area (Å²) in [5.41, 5.74) is -0.0438. The molecule has 2 heterocycles. The van der Waals surface area contributed by atoms with E-state index in [9.17, 15) is 10.1 Å². The first-order valence-corrected chi connectivity index (χ1v) is 6.74. The van der Waals surface area contributed by atoms with Crippen molar-refractivity contribution in [3.8, 4) is 0 Å². The predicted molar refractivity (Wildman–Crippen MR) is 74.7 cm³/mol. The Labute approximate surface area is 116 Å². The molecule has 0 radical (unpaired) electrons. The Hall–Kier alpha value is -1.40. The van der Waals surface area contributed by atoms with Gasteiger partial charge in [-0.2, -0.15) is 0 Å². The van der Waals surface area contributed by atoms with Crippen molar-refractivity contribution < 1.29 is 4.92 Å². The van der Waals surface area contributed by atoms with Crippen LogP contribution < -0.4 is 5.32 Å². The van der Waals surface area contributed by atoms with Crippen molar-refractivity contribution in [1.82, 2.24) is 9.88 Å². The highest BCUT2D eigenvalue weighted by Crippen LogP contribution is 2.24. The van der Waals surface area contributed by atoms with E-state index in [0.717, 1.165) is 19.6 Å². The number of aromatic nitrogens is 1. The van der Waals surface area contributed by atoms with Crippen molar-refractivity contribution >= 4 is 23.1 Å². The van der Waals surface area contributed by atoms with Crippen LogP contribution in [0, 0.1) is 10.1 Å². The van der Waals surface area contributed by atoms with Crippen LogP contribution in [0.4, 0.5) is 11.5 Å². The van der Waals surface area contributed by atoms with Crippen LogP contribution in [0.25, 0.3) is 0 Å². The van der Waals surface area contributed by atoms with Gasteiger partial charge in [-0.25, -0.2) is 4.98 Å². The number of rotatable bonds is 5. The fraction of sp³-hybridized carbons (Fsp3) is 0.583. The second-order valence-electron chi connectivity index (χ2n) is 4.81. The lowest BCUT2D eigenvalue weighted by Crippen LogP contribution is -2.33. The van der Waals surface area contributed by atoms with Crippen LogP contribution in [0.5, 0.6) is 0 Å². The second-order valence-corrected chi connectivity index (χ2v) is 5.20. The van der Waals surface area contributed by atoms with Crippen molar-refractivity contribution in [2.24, 2.45) is 0 Å². The molecule has 7 heteroatoms. The minimum Gasteiger partial charge on any atom is -0.361 e. The molecular weight excluding hydrogens is 268 g/mol. The number of halogens is 1. The van der Waals surface area contributed by atoms with Gasteiger partial charge in [0.25, 0.3) is 0 Å². The lowest BCUT2D eigenvalue weighted by atomic mass is 10.3. The van der Waals surface area contributed by atoms with E-state index in [0.29, 0.717) is 0 Å². The zero-order valence-corrected chi connectivity index (χ0v) is 11.6. The number of likely N-dealkylation sites (tertiary alicyclic amines) is 1. The lowest BCUT2D eigenvalue weighted by molar-refractivity contribution is -0.384. The molecule has 0 bridgehead atoms. The summed E-state index contributed by atoms with van der Waals surface area (Å²) in [5, 5.41) is 14.3. The van der Waals surface area contributed by atoms with Crippen molar-refractivity contribution in [3.63, 3.8) is 0 Å². The summed E-state index contributed by atoms with van der Waals surface area (Å²) in [6, 6.07) is 2.89. The quantitative estimate of drug-likeness (QED) is 0.511. The van der Waals surface area contributed by atoms with E-state index in [1.54, 1.807) is 0 Å². The highest BCUT2D eigenvalue weighted by molar-refractivity contribution is 6.29. The van der Waals surface area contributed by atoms with E-state index in [1.165, 1.54) is 25.0 Å². The molecule has 1 atom stereocenters. The third-order valence-corrected chi connectivity index (χ3v) is 3.36. The zero-order chi connectivity index (χ0) is 13.8. The van der Waals surface area contributed by atoms with Crippen LogP contribution >= 0.6 is 11.6 Å². The van der Waals surface area contributed by atoms with Gasteiger partial charge in [0.05, 0.1) is 4.92 Å². The van der Waals surface area contributed by atoms with Gasteiger partial charge in [0.15, 0.2) is 0 Å². The minimum absolute atomic E-state index is 0.0438. The molecule has 1 fully saturated rings. The maximum atomic E-state index is 10.9. The topological polar surface area (TPSA) is 71.3 Å². The van der Waals surface area contributed by atoms with E-state index >= 15 is 0 Å². The van der Waals surface area contributed by atoms with Gasteiger partial charge in [0, 0.05) is 18.7 Å². The number of pyridine rings is 1. The first-order chi connectivity index (χ1) is 9.06. The van der Waals surface area contributed by atoms with Gasteiger partial charge in [0.1, 0.15) is 5.15 Å². The Bertz CT molecular complexity index is 463. The summed E-state index contributed by atoms with van der Waals surface area (Å²) in [5.74, 6) is 0.240. The molecule has 1 aliphatic heterocycles. The lowest BCUT2D eigenvalue weighted by Gasteiger charge is -2.21. The average molecular weight is 285 g/mol. The number of hydrogen-bond donors (Lipinski definition) is 1. The molecule has 2 rings (SSSR count). The van der Waals surface area contributed by atoms with Crippen LogP contribution in [-0.2, 0) is 0 Å². The van der Waals surface area contributed by atoms with Gasteiger partial charge in [-0.15, -0.1) is 0 Å². The van der Waals surface area contributed by atoms with E-state index in [-0.39, 0.29) is 22.7 Å². The van der Waals surface area contributed by atoms with Crippen LogP contribution in [0.1, 0.15) is 19.8 Å². The van der Waals surface area contributed by atoms with Crippen LogP contribution in [0.15, 0.2) is 12.1 Å². The fourth-order valence-electron chi connectivity index (χ4n) is 2.31. The summed E-state index contributed by atoms with van der Waals surface area (Å²) in [6.45, 7) is 5.03. The van der Waals surface area contributed by atoms with E-state index in [1.807, 2.05) is 6.92 Å². The maximum absolute atomic E-state index is 10.9. The van der Waals surface area contributed by atoms with Crippen molar-refractivity contribution in [2.75, 3.05) is 25.0 Å². The van der Waals surface area contributed by atoms with Gasteiger partial charge >= 0.3 is 5.69 Å². The molecule has 0 saturated carbocycles. The number of anilines is 1. The number of nitro groups is 1. The largest absolute Gasteiger partial charge is 0.361 e. The van der Waals surface area contributed by atoms with E-state index < -0.39 is 4.92 Å². The normalized spacial score (nSPS) is 17.4. The molecule has 0 spiro atoms. The molecule has 1 aliphatic rings. The summed E-state index contributed by atoms with van der Waals surface area (Å²) in [6.07, 6.45) is 2.45. The maximum Gasteiger partial charge on any atom is 0.311 e. The minimum atomic E-state index is -0.450. The highest BCUT2D eigenvalue weighted by Gasteiger charge is 2.19. The summed E-state index contributed by atoms with van der Waals surface area (Å²) < 4.78 is 0. The number of nitrogens with zero attached hydrogens (tertiary/aromatic N) is 3. The first-order valence-electron chi connectivity index (χ1n) is 6.36. The first kappa shape index (κ1) is 14.0. The molecule has 1 aromatic rings. The van der Waals surface area contributed by atoms with Gasteiger partial charge in [-0.3, -0.25) is 10.1 Å². The summed E-state index contributed by atoms with van der Waals surface area (Å²) >= 11 is 5.79. The predicted octanol–water partition coefficient (Wildman–Crippen LogP) is 2.54. The molecule has 1 saturated heterocycles. The zero-order valence-electron chi connectivity index (χ0n) is 10.8. The molecule has 6 nitrogen and oxygen atoms in total. The Morgan fingerprint density at radius 2 is 2.21 bits per heavy atom. The van der Waals surface area contributed by atoms with Crippen molar-refractivity contribution in [3.05, 3.63) is 27.4 Å². The van der Waals surface area contributed by atoms with Crippen LogP contribution in [0.3, 0.4) is 0 Å². The third kappa shape index (κ3) is 3.78. The Kier molecular flexibility index (Phi) is 4.55. The molecule has 19 heavy (non-hydrogen) atoms. The summed E-state index contributed by atoms with van der Waals surface area (Å²) in [4.78, 5) is 16.8. The van der Waals surface area contributed by atoms with Crippen LogP contribution in [0.2, 0.25) is 5.15 Å². The van der Waals surface area contributed by atoms with Gasteiger partial charge in [-0.1, -0.05) is 11.6 Å². The third-order valence-electron chi connectivity index (χ3n) is 3.15. The molecular formula is C12H17ClN4O2. The second kappa shape index (κ2) is 6.16. The SMILES string of the molecule is CC(CN1CCCC1)Nc1nc(Cl)ccc1[N+](=O)[O-]. The fourth-order valence-corrected chi connectivity index (χ4v) is 2.46. The van der Waals surface area contributed by atoms with Gasteiger partial charge in [-0.05, 0) is 38.9 Å².